The average molecular weight is 402 g/mol. The number of rotatable bonds is 4. The molecule has 0 aliphatic rings. The number of anilines is 1. The molecule has 0 heterocycles. The maximum absolute atomic E-state index is 12.4. The van der Waals surface area contributed by atoms with Gasteiger partial charge in [0.15, 0.2) is 11.7 Å². The molecule has 8 heteroatoms. The zero-order valence-corrected chi connectivity index (χ0v) is 14.8. The Bertz CT molecular complexity index is 862. The molecule has 0 saturated heterocycles. The minimum atomic E-state index is -1.54. The van der Waals surface area contributed by atoms with Crippen LogP contribution in [0, 0.1) is 17.2 Å². The molecule has 0 aliphatic heterocycles. The van der Waals surface area contributed by atoms with Crippen molar-refractivity contribution in [3.63, 3.8) is 0 Å². The number of benzene rings is 2. The van der Waals surface area contributed by atoms with Gasteiger partial charge in [-0.05, 0) is 36.4 Å². The van der Waals surface area contributed by atoms with Gasteiger partial charge in [-0.3, -0.25) is 9.59 Å². The molecule has 2 aromatic carbocycles. The molecule has 1 amide bonds. The lowest BCUT2D eigenvalue weighted by molar-refractivity contribution is -0.117. The average Bonchev–Trinajstić information content (AvgIpc) is 2.54. The van der Waals surface area contributed by atoms with Crippen LogP contribution in [0.5, 0.6) is 0 Å². The van der Waals surface area contributed by atoms with Crippen molar-refractivity contribution in [2.45, 2.75) is 0 Å². The van der Waals surface area contributed by atoms with Gasteiger partial charge < -0.3 is 5.32 Å². The lowest BCUT2D eigenvalue weighted by atomic mass is 9.98. The van der Waals surface area contributed by atoms with Crippen LogP contribution in [-0.4, -0.2) is 11.7 Å². The highest BCUT2D eigenvalue weighted by atomic mass is 35.5. The topological polar surface area (TPSA) is 70.0 Å². The molecule has 4 nitrogen and oxygen atoms in total. The second-order valence-corrected chi connectivity index (χ2v) is 6.30. The van der Waals surface area contributed by atoms with Crippen molar-refractivity contribution in [2.24, 2.45) is 5.92 Å². The first-order valence-electron chi connectivity index (χ1n) is 6.48. The summed E-state index contributed by atoms with van der Waals surface area (Å²) in [7, 11) is 0. The third kappa shape index (κ3) is 4.19. The number of hydrogen-bond acceptors (Lipinski definition) is 3. The van der Waals surface area contributed by atoms with Gasteiger partial charge in [-0.15, -0.1) is 0 Å². The van der Waals surface area contributed by atoms with E-state index in [4.69, 9.17) is 46.4 Å². The molecule has 2 aromatic rings. The normalized spacial score (nSPS) is 11.5. The van der Waals surface area contributed by atoms with E-state index in [-0.39, 0.29) is 20.6 Å². The number of nitriles is 1. The Morgan fingerprint density at radius 3 is 2.04 bits per heavy atom. The summed E-state index contributed by atoms with van der Waals surface area (Å²) in [5.74, 6) is -3.02. The van der Waals surface area contributed by atoms with E-state index in [0.29, 0.717) is 10.7 Å². The Balaban J connectivity index is 2.21. The van der Waals surface area contributed by atoms with Crippen molar-refractivity contribution in [3.05, 3.63) is 62.1 Å². The fourth-order valence-electron chi connectivity index (χ4n) is 1.84. The number of nitrogens with zero attached hydrogens (tertiary/aromatic N) is 1. The van der Waals surface area contributed by atoms with Crippen molar-refractivity contribution < 1.29 is 9.59 Å². The number of carbonyl (C=O) groups excluding carboxylic acids is 2. The van der Waals surface area contributed by atoms with Gasteiger partial charge in [0.1, 0.15) is 0 Å². The van der Waals surface area contributed by atoms with Gasteiger partial charge in [0.2, 0.25) is 5.91 Å². The highest BCUT2D eigenvalue weighted by Gasteiger charge is 2.28. The van der Waals surface area contributed by atoms with Crippen LogP contribution in [0.15, 0.2) is 36.4 Å². The van der Waals surface area contributed by atoms with Gasteiger partial charge >= 0.3 is 0 Å². The molecule has 0 bridgehead atoms. The molecule has 1 atom stereocenters. The van der Waals surface area contributed by atoms with Crippen molar-refractivity contribution in [3.8, 4) is 6.07 Å². The largest absolute Gasteiger partial charge is 0.324 e. The predicted molar refractivity (Wildman–Crippen MR) is 95.0 cm³/mol. The minimum Gasteiger partial charge on any atom is -0.324 e. The first-order valence-corrected chi connectivity index (χ1v) is 7.99. The van der Waals surface area contributed by atoms with Gasteiger partial charge in [-0.2, -0.15) is 5.26 Å². The lowest BCUT2D eigenvalue weighted by Crippen LogP contribution is -2.28. The lowest BCUT2D eigenvalue weighted by Gasteiger charge is -2.11. The molecule has 0 saturated carbocycles. The number of nitrogens with one attached hydrogen (secondary N) is 1. The zero-order valence-electron chi connectivity index (χ0n) is 11.8. The summed E-state index contributed by atoms with van der Waals surface area (Å²) < 4.78 is 0. The third-order valence-electron chi connectivity index (χ3n) is 3.04. The first-order chi connectivity index (χ1) is 11.3. The molecule has 122 valence electrons. The van der Waals surface area contributed by atoms with E-state index in [1.54, 1.807) is 6.07 Å². The Labute approximate surface area is 157 Å². The van der Waals surface area contributed by atoms with Crippen LogP contribution in [0.25, 0.3) is 0 Å². The maximum Gasteiger partial charge on any atom is 0.249 e. The fourth-order valence-corrected chi connectivity index (χ4v) is 2.44. The third-order valence-corrected chi connectivity index (χ3v) is 4.52. The van der Waals surface area contributed by atoms with E-state index in [9.17, 15) is 14.9 Å². The second-order valence-electron chi connectivity index (χ2n) is 4.67. The molecule has 1 unspecified atom stereocenters. The fraction of sp³-hybridized carbons (Fsp3) is 0.0625. The molecule has 0 fully saturated rings. The van der Waals surface area contributed by atoms with Crippen molar-refractivity contribution in [1.82, 2.24) is 0 Å². The summed E-state index contributed by atoms with van der Waals surface area (Å²) >= 11 is 23.3. The monoisotopic (exact) mass is 400 g/mol. The van der Waals surface area contributed by atoms with Crippen LogP contribution in [0.4, 0.5) is 5.69 Å². The van der Waals surface area contributed by atoms with E-state index in [1.165, 1.54) is 36.4 Å². The minimum absolute atomic E-state index is 0.111. The number of amides is 1. The van der Waals surface area contributed by atoms with Gasteiger partial charge in [-0.25, -0.2) is 0 Å². The van der Waals surface area contributed by atoms with E-state index in [2.05, 4.69) is 5.32 Å². The maximum atomic E-state index is 12.4. The number of Topliss-reactive ketones (excluding diaryl/α,β-unsaturated/α-hetero) is 1. The summed E-state index contributed by atoms with van der Waals surface area (Å²) in [5, 5.41) is 12.6. The summed E-state index contributed by atoms with van der Waals surface area (Å²) in [6.45, 7) is 0. The molecular formula is C16H8Cl4N2O2. The summed E-state index contributed by atoms with van der Waals surface area (Å²) in [5.41, 5.74) is 0.428. The Hall–Kier alpha value is -1.77. The van der Waals surface area contributed by atoms with E-state index >= 15 is 0 Å². The molecule has 0 spiro atoms. The van der Waals surface area contributed by atoms with Crippen molar-refractivity contribution in [1.29, 1.82) is 5.26 Å². The van der Waals surface area contributed by atoms with E-state index in [0.717, 1.165) is 0 Å². The van der Waals surface area contributed by atoms with Gasteiger partial charge in [0.05, 0.1) is 26.2 Å². The number of ketones is 1. The van der Waals surface area contributed by atoms with Gasteiger partial charge in [0, 0.05) is 11.3 Å². The Morgan fingerprint density at radius 2 is 1.50 bits per heavy atom. The van der Waals surface area contributed by atoms with Crippen molar-refractivity contribution in [2.75, 3.05) is 5.32 Å². The van der Waals surface area contributed by atoms with Crippen LogP contribution < -0.4 is 5.32 Å². The highest BCUT2D eigenvalue weighted by molar-refractivity contribution is 6.42. The van der Waals surface area contributed by atoms with Crippen LogP contribution in [-0.2, 0) is 4.79 Å². The molecule has 24 heavy (non-hydrogen) atoms. The van der Waals surface area contributed by atoms with Crippen LogP contribution in [0.1, 0.15) is 10.4 Å². The standard InChI is InChI=1S/C16H8Cl4N2O2/c17-11-3-1-8(5-13(11)19)15(23)10(7-21)16(24)22-9-2-4-12(18)14(20)6-9/h1-6,10H,(H,22,24). The molecule has 2 rings (SSSR count). The summed E-state index contributed by atoms with van der Waals surface area (Å²) in [6, 6.07) is 10.2. The highest BCUT2D eigenvalue weighted by Crippen LogP contribution is 2.26. The molecule has 1 N–H and O–H groups in total. The SMILES string of the molecule is N#CC(C(=O)Nc1ccc(Cl)c(Cl)c1)C(=O)c1ccc(Cl)c(Cl)c1. The van der Waals surface area contributed by atoms with Crippen LogP contribution in [0.2, 0.25) is 20.1 Å². The van der Waals surface area contributed by atoms with E-state index < -0.39 is 17.6 Å². The Morgan fingerprint density at radius 1 is 0.917 bits per heavy atom. The molecule has 0 aromatic heterocycles. The molecule has 0 aliphatic carbocycles. The zero-order chi connectivity index (χ0) is 17.9. The van der Waals surface area contributed by atoms with E-state index in [1.807, 2.05) is 0 Å². The molecular weight excluding hydrogens is 394 g/mol. The van der Waals surface area contributed by atoms with Crippen molar-refractivity contribution >= 4 is 63.8 Å². The summed E-state index contributed by atoms with van der Waals surface area (Å²) in [4.78, 5) is 24.6. The quantitative estimate of drug-likeness (QED) is 0.560. The summed E-state index contributed by atoms with van der Waals surface area (Å²) in [6.07, 6.45) is 0. The first kappa shape index (κ1) is 18.6. The van der Waals surface area contributed by atoms with Gasteiger partial charge in [0.25, 0.3) is 0 Å². The predicted octanol–water partition coefficient (Wildman–Crippen LogP) is 5.26. The van der Waals surface area contributed by atoms with Gasteiger partial charge in [-0.1, -0.05) is 46.4 Å². The number of halogens is 4. The Kier molecular flexibility index (Phi) is 6.09. The second kappa shape index (κ2) is 7.87. The smallest absolute Gasteiger partial charge is 0.249 e. The molecule has 0 radical (unpaired) electrons. The number of hydrogen-bond donors (Lipinski definition) is 1. The van der Waals surface area contributed by atoms with Crippen LogP contribution >= 0.6 is 46.4 Å². The number of carbonyl (C=O) groups is 2. The van der Waals surface area contributed by atoms with Crippen LogP contribution in [0.3, 0.4) is 0 Å².